The Morgan fingerprint density at radius 3 is 2.62 bits per heavy atom. The van der Waals surface area contributed by atoms with Crippen molar-refractivity contribution >= 4 is 12.2 Å². The fourth-order valence-corrected chi connectivity index (χ4v) is 2.28. The monoisotopic (exact) mass is 225 g/mol. The van der Waals surface area contributed by atoms with Gasteiger partial charge in [-0.15, -0.1) is 0 Å². The van der Waals surface area contributed by atoms with Gasteiger partial charge in [0.1, 0.15) is 6.10 Å². The van der Waals surface area contributed by atoms with Crippen LogP contribution in [0.1, 0.15) is 33.6 Å². The van der Waals surface area contributed by atoms with Gasteiger partial charge in [0.25, 0.3) is 0 Å². The van der Waals surface area contributed by atoms with Gasteiger partial charge in [-0.2, -0.15) is 0 Å². The molecule has 90 valence electrons. The zero-order chi connectivity index (χ0) is 11.9. The van der Waals surface area contributed by atoms with Crippen molar-refractivity contribution in [1.82, 2.24) is 0 Å². The molecule has 0 spiro atoms. The first kappa shape index (κ1) is 11.4. The highest BCUT2D eigenvalue weighted by atomic mass is 16.6. The van der Waals surface area contributed by atoms with E-state index in [0.717, 1.165) is 0 Å². The summed E-state index contributed by atoms with van der Waals surface area (Å²) in [7, 11) is 0. The van der Waals surface area contributed by atoms with Gasteiger partial charge in [-0.3, -0.25) is 4.79 Å². The maximum absolute atomic E-state index is 10.9. The van der Waals surface area contributed by atoms with Crippen LogP contribution in [0.25, 0.3) is 0 Å². The lowest BCUT2D eigenvalue weighted by molar-refractivity contribution is -0.139. The van der Waals surface area contributed by atoms with Gasteiger partial charge in [-0.05, 0) is 31.1 Å². The molecule has 0 aromatic heterocycles. The van der Waals surface area contributed by atoms with Gasteiger partial charge in [0.2, 0.25) is 0 Å². The highest BCUT2D eigenvalue weighted by Gasteiger charge is 2.61. The standard InChI is InChI=1S/C12H19NO3/c1-7(8-4-5-8)16-13-6-9-10(11(14)15)12(9,2)3/h6-10H,4-5H2,1-3H3,(H,14,15)/b13-6+/t7?,9?,10-/m0/s1. The minimum atomic E-state index is -0.739. The summed E-state index contributed by atoms with van der Waals surface area (Å²) >= 11 is 0. The van der Waals surface area contributed by atoms with Crippen LogP contribution in [-0.4, -0.2) is 23.4 Å². The van der Waals surface area contributed by atoms with Crippen molar-refractivity contribution in [2.24, 2.45) is 28.3 Å². The molecule has 16 heavy (non-hydrogen) atoms. The summed E-state index contributed by atoms with van der Waals surface area (Å²) in [5.74, 6) is -0.385. The van der Waals surface area contributed by atoms with E-state index >= 15 is 0 Å². The molecule has 0 saturated heterocycles. The zero-order valence-electron chi connectivity index (χ0n) is 10.0. The van der Waals surface area contributed by atoms with Gasteiger partial charge < -0.3 is 9.94 Å². The van der Waals surface area contributed by atoms with Crippen molar-refractivity contribution in [3.8, 4) is 0 Å². The molecule has 0 amide bonds. The second-order valence-electron chi connectivity index (χ2n) is 5.57. The summed E-state index contributed by atoms with van der Waals surface area (Å²) in [6.45, 7) is 5.92. The highest BCUT2D eigenvalue weighted by molar-refractivity contribution is 5.84. The van der Waals surface area contributed by atoms with Gasteiger partial charge >= 0.3 is 5.97 Å². The third kappa shape index (κ3) is 2.06. The lowest BCUT2D eigenvalue weighted by Crippen LogP contribution is -2.06. The van der Waals surface area contributed by atoms with Crippen LogP contribution in [0.3, 0.4) is 0 Å². The number of carboxylic acid groups (broad SMARTS) is 1. The van der Waals surface area contributed by atoms with E-state index in [1.54, 1.807) is 6.21 Å². The Kier molecular flexibility index (Phi) is 2.68. The predicted octanol–water partition coefficient (Wildman–Crippen LogP) is 2.14. The van der Waals surface area contributed by atoms with Gasteiger partial charge in [0.05, 0.1) is 5.92 Å². The van der Waals surface area contributed by atoms with Crippen LogP contribution in [0.4, 0.5) is 0 Å². The third-order valence-electron chi connectivity index (χ3n) is 3.91. The second kappa shape index (κ2) is 3.75. The van der Waals surface area contributed by atoms with Gasteiger partial charge in [-0.25, -0.2) is 0 Å². The summed E-state index contributed by atoms with van der Waals surface area (Å²) in [5, 5.41) is 12.9. The molecule has 2 aliphatic carbocycles. The first-order valence-corrected chi connectivity index (χ1v) is 5.86. The van der Waals surface area contributed by atoms with Crippen LogP contribution >= 0.6 is 0 Å². The second-order valence-corrected chi connectivity index (χ2v) is 5.57. The van der Waals surface area contributed by atoms with Crippen LogP contribution < -0.4 is 0 Å². The van der Waals surface area contributed by atoms with Gasteiger partial charge in [-0.1, -0.05) is 19.0 Å². The Hall–Kier alpha value is -1.06. The molecule has 0 bridgehead atoms. The van der Waals surface area contributed by atoms with Crippen molar-refractivity contribution in [1.29, 1.82) is 0 Å². The smallest absolute Gasteiger partial charge is 0.307 e. The van der Waals surface area contributed by atoms with Crippen LogP contribution in [0.15, 0.2) is 5.16 Å². The summed E-state index contributed by atoms with van der Waals surface area (Å²) in [6, 6.07) is 0. The number of hydrogen-bond donors (Lipinski definition) is 1. The molecule has 4 heteroatoms. The summed E-state index contributed by atoms with van der Waals surface area (Å²) in [4.78, 5) is 16.2. The number of rotatable bonds is 5. The number of aliphatic carboxylic acids is 1. The summed E-state index contributed by atoms with van der Waals surface area (Å²) in [6.07, 6.45) is 4.28. The van der Waals surface area contributed by atoms with E-state index in [0.29, 0.717) is 5.92 Å². The molecular weight excluding hydrogens is 206 g/mol. The first-order valence-electron chi connectivity index (χ1n) is 5.86. The molecule has 3 atom stereocenters. The quantitative estimate of drug-likeness (QED) is 0.576. The van der Waals surface area contributed by atoms with Crippen LogP contribution in [-0.2, 0) is 9.63 Å². The molecule has 2 unspecified atom stereocenters. The topological polar surface area (TPSA) is 58.9 Å². The molecule has 0 aliphatic heterocycles. The van der Waals surface area contributed by atoms with Crippen molar-refractivity contribution in [3.63, 3.8) is 0 Å². The van der Waals surface area contributed by atoms with Crippen LogP contribution in [0.5, 0.6) is 0 Å². The van der Waals surface area contributed by atoms with Crippen molar-refractivity contribution < 1.29 is 14.7 Å². The normalized spacial score (nSPS) is 33.7. The number of carboxylic acids is 1. The van der Waals surface area contributed by atoms with Crippen LogP contribution in [0, 0.1) is 23.2 Å². The Labute approximate surface area is 95.7 Å². The summed E-state index contributed by atoms with van der Waals surface area (Å²) < 4.78 is 0. The van der Waals surface area contributed by atoms with E-state index < -0.39 is 5.97 Å². The molecule has 2 aliphatic rings. The Morgan fingerprint density at radius 1 is 1.56 bits per heavy atom. The maximum Gasteiger partial charge on any atom is 0.307 e. The molecule has 0 radical (unpaired) electrons. The maximum atomic E-state index is 10.9. The van der Waals surface area contributed by atoms with Crippen LogP contribution in [0.2, 0.25) is 0 Å². The molecule has 0 aromatic rings. The number of carbonyl (C=O) groups is 1. The highest BCUT2D eigenvalue weighted by Crippen LogP contribution is 2.57. The minimum absolute atomic E-state index is 0.0106. The lowest BCUT2D eigenvalue weighted by Gasteiger charge is -2.06. The fraction of sp³-hybridized carbons (Fsp3) is 0.833. The zero-order valence-corrected chi connectivity index (χ0v) is 10.0. The molecular formula is C12H19NO3. The first-order chi connectivity index (χ1) is 7.44. The SMILES string of the molecule is CC(O/N=C/C1[C@@H](C(=O)O)C1(C)C)C1CC1. The predicted molar refractivity (Wildman–Crippen MR) is 60.2 cm³/mol. The lowest BCUT2D eigenvalue weighted by atomic mass is 10.1. The van der Waals surface area contributed by atoms with Gasteiger partial charge in [0, 0.05) is 12.1 Å². The Morgan fingerprint density at radius 2 is 2.19 bits per heavy atom. The van der Waals surface area contributed by atoms with E-state index in [-0.39, 0.29) is 23.4 Å². The molecule has 2 rings (SSSR count). The van der Waals surface area contributed by atoms with E-state index in [4.69, 9.17) is 9.94 Å². The summed E-state index contributed by atoms with van der Waals surface area (Å²) in [5.41, 5.74) is -0.179. The largest absolute Gasteiger partial charge is 0.481 e. The van der Waals surface area contributed by atoms with Crippen molar-refractivity contribution in [2.45, 2.75) is 39.7 Å². The Balaban J connectivity index is 1.81. The van der Waals surface area contributed by atoms with E-state index in [2.05, 4.69) is 5.16 Å². The number of hydrogen-bond acceptors (Lipinski definition) is 3. The number of nitrogens with zero attached hydrogens (tertiary/aromatic N) is 1. The molecule has 1 N–H and O–H groups in total. The third-order valence-corrected chi connectivity index (χ3v) is 3.91. The van der Waals surface area contributed by atoms with E-state index in [1.807, 2.05) is 20.8 Å². The average Bonchev–Trinajstić information content (AvgIpc) is 3.02. The van der Waals surface area contributed by atoms with E-state index in [9.17, 15) is 4.79 Å². The molecule has 2 fully saturated rings. The average molecular weight is 225 g/mol. The number of oxime groups is 1. The molecule has 4 nitrogen and oxygen atoms in total. The van der Waals surface area contributed by atoms with Gasteiger partial charge in [0.15, 0.2) is 0 Å². The van der Waals surface area contributed by atoms with Crippen molar-refractivity contribution in [3.05, 3.63) is 0 Å². The fourth-order valence-electron chi connectivity index (χ4n) is 2.28. The molecule has 0 heterocycles. The molecule has 0 aromatic carbocycles. The minimum Gasteiger partial charge on any atom is -0.481 e. The molecule has 2 saturated carbocycles. The van der Waals surface area contributed by atoms with Crippen molar-refractivity contribution in [2.75, 3.05) is 0 Å². The Bertz CT molecular complexity index is 320. The van der Waals surface area contributed by atoms with E-state index in [1.165, 1.54) is 12.8 Å².